The minimum absolute atomic E-state index is 0.140. The molecule has 1 fully saturated rings. The van der Waals surface area contributed by atoms with E-state index in [1.165, 1.54) is 0 Å². The second kappa shape index (κ2) is 5.82. The highest BCUT2D eigenvalue weighted by molar-refractivity contribution is 7.91. The van der Waals surface area contributed by atoms with Gasteiger partial charge >= 0.3 is 5.97 Å². The van der Waals surface area contributed by atoms with Crippen LogP contribution >= 0.6 is 0 Å². The number of ether oxygens (including phenoxy) is 1. The summed E-state index contributed by atoms with van der Waals surface area (Å²) in [7, 11) is -3.15. The lowest BCUT2D eigenvalue weighted by molar-refractivity contribution is -0.150. The highest BCUT2D eigenvalue weighted by Crippen LogP contribution is 2.24. The maximum atomic E-state index is 12.0. The molecule has 6 heteroatoms. The maximum absolute atomic E-state index is 12.0. The SMILES string of the molecule is CCCNC1(C(=O)OCC)CCCS(=O)(=O)C1. The van der Waals surface area contributed by atoms with Gasteiger partial charge < -0.3 is 10.1 Å². The van der Waals surface area contributed by atoms with Gasteiger partial charge in [0.05, 0.1) is 18.1 Å². The molecule has 100 valence electrons. The largest absolute Gasteiger partial charge is 0.465 e. The summed E-state index contributed by atoms with van der Waals surface area (Å²) in [5.74, 6) is -0.405. The first kappa shape index (κ1) is 14.4. The molecule has 0 spiro atoms. The van der Waals surface area contributed by atoms with Gasteiger partial charge in [-0.25, -0.2) is 8.42 Å². The average Bonchev–Trinajstić information content (AvgIpc) is 2.25. The molecular formula is C11H21NO4S. The quantitative estimate of drug-likeness (QED) is 0.731. The van der Waals surface area contributed by atoms with E-state index in [2.05, 4.69) is 5.32 Å². The Kier molecular flexibility index (Phi) is 4.94. The van der Waals surface area contributed by atoms with E-state index in [0.29, 0.717) is 19.4 Å². The molecule has 5 nitrogen and oxygen atoms in total. The Morgan fingerprint density at radius 1 is 1.41 bits per heavy atom. The molecule has 0 aromatic heterocycles. The number of sulfone groups is 1. The van der Waals surface area contributed by atoms with E-state index in [-0.39, 0.29) is 18.1 Å². The van der Waals surface area contributed by atoms with E-state index in [0.717, 1.165) is 6.42 Å². The molecule has 1 saturated heterocycles. The third-order valence-electron chi connectivity index (χ3n) is 2.90. The number of carbonyl (C=O) groups is 1. The van der Waals surface area contributed by atoms with Gasteiger partial charge in [0.15, 0.2) is 9.84 Å². The van der Waals surface area contributed by atoms with Crippen molar-refractivity contribution in [3.8, 4) is 0 Å². The number of esters is 1. The Labute approximate surface area is 103 Å². The summed E-state index contributed by atoms with van der Waals surface area (Å²) in [5, 5.41) is 3.07. The van der Waals surface area contributed by atoms with Gasteiger partial charge in [-0.2, -0.15) is 0 Å². The van der Waals surface area contributed by atoms with E-state index in [1.807, 2.05) is 6.92 Å². The molecule has 1 aliphatic rings. The fraction of sp³-hybridized carbons (Fsp3) is 0.909. The third kappa shape index (κ3) is 3.67. The third-order valence-corrected chi connectivity index (χ3v) is 4.75. The summed E-state index contributed by atoms with van der Waals surface area (Å²) in [5.41, 5.74) is -1.02. The maximum Gasteiger partial charge on any atom is 0.327 e. The highest BCUT2D eigenvalue weighted by Gasteiger charge is 2.45. The number of hydrogen-bond donors (Lipinski definition) is 1. The lowest BCUT2D eigenvalue weighted by Crippen LogP contribution is -2.60. The van der Waals surface area contributed by atoms with E-state index in [9.17, 15) is 13.2 Å². The first-order valence-electron chi connectivity index (χ1n) is 6.08. The second-order valence-corrected chi connectivity index (χ2v) is 6.61. The molecule has 17 heavy (non-hydrogen) atoms. The number of carbonyl (C=O) groups excluding carboxylic acids is 1. The predicted molar refractivity (Wildman–Crippen MR) is 65.5 cm³/mol. The number of nitrogens with one attached hydrogen (secondary N) is 1. The van der Waals surface area contributed by atoms with Crippen LogP contribution in [0.25, 0.3) is 0 Å². The van der Waals surface area contributed by atoms with E-state index < -0.39 is 21.3 Å². The Morgan fingerprint density at radius 2 is 2.12 bits per heavy atom. The Morgan fingerprint density at radius 3 is 2.65 bits per heavy atom. The monoisotopic (exact) mass is 263 g/mol. The Hall–Kier alpha value is -0.620. The van der Waals surface area contributed by atoms with Crippen molar-refractivity contribution in [2.45, 2.75) is 38.6 Å². The number of rotatable bonds is 5. The van der Waals surface area contributed by atoms with Crippen molar-refractivity contribution in [1.82, 2.24) is 5.32 Å². The first-order valence-corrected chi connectivity index (χ1v) is 7.90. The molecule has 1 unspecified atom stereocenters. The summed E-state index contributed by atoms with van der Waals surface area (Å²) < 4.78 is 28.4. The van der Waals surface area contributed by atoms with Crippen molar-refractivity contribution in [2.75, 3.05) is 24.7 Å². The summed E-state index contributed by atoms with van der Waals surface area (Å²) in [6, 6.07) is 0. The van der Waals surface area contributed by atoms with Crippen molar-refractivity contribution < 1.29 is 17.9 Å². The topological polar surface area (TPSA) is 72.5 Å². The molecule has 0 saturated carbocycles. The van der Waals surface area contributed by atoms with Crippen LogP contribution in [0.4, 0.5) is 0 Å². The van der Waals surface area contributed by atoms with Gasteiger partial charge in [0.25, 0.3) is 0 Å². The normalized spacial score (nSPS) is 27.6. The lowest BCUT2D eigenvalue weighted by Gasteiger charge is -2.35. The summed E-state index contributed by atoms with van der Waals surface area (Å²) in [6.45, 7) is 4.59. The average molecular weight is 263 g/mol. The van der Waals surface area contributed by atoms with Crippen LogP contribution in [-0.2, 0) is 19.4 Å². The molecule has 1 heterocycles. The molecule has 0 aromatic carbocycles. The van der Waals surface area contributed by atoms with Crippen molar-refractivity contribution in [2.24, 2.45) is 0 Å². The minimum atomic E-state index is -3.15. The van der Waals surface area contributed by atoms with Crippen molar-refractivity contribution in [3.05, 3.63) is 0 Å². The zero-order valence-corrected chi connectivity index (χ0v) is 11.3. The van der Waals surface area contributed by atoms with Crippen LogP contribution in [0.15, 0.2) is 0 Å². The molecule has 1 aliphatic heterocycles. The molecule has 0 aromatic rings. The molecule has 1 atom stereocenters. The summed E-state index contributed by atoms with van der Waals surface area (Å²) >= 11 is 0. The minimum Gasteiger partial charge on any atom is -0.465 e. The number of hydrogen-bond acceptors (Lipinski definition) is 5. The van der Waals surface area contributed by atoms with Crippen molar-refractivity contribution in [1.29, 1.82) is 0 Å². The highest BCUT2D eigenvalue weighted by atomic mass is 32.2. The molecule has 1 rings (SSSR count). The van der Waals surface area contributed by atoms with Crippen LogP contribution in [-0.4, -0.2) is 44.6 Å². The molecule has 0 radical (unpaired) electrons. The van der Waals surface area contributed by atoms with E-state index >= 15 is 0 Å². The lowest BCUT2D eigenvalue weighted by atomic mass is 9.95. The predicted octanol–water partition coefficient (Wildman–Crippen LogP) is 0.496. The van der Waals surface area contributed by atoms with Crippen molar-refractivity contribution >= 4 is 15.8 Å². The van der Waals surface area contributed by atoms with Crippen LogP contribution in [0.2, 0.25) is 0 Å². The fourth-order valence-electron chi connectivity index (χ4n) is 2.12. The van der Waals surface area contributed by atoms with Crippen LogP contribution in [0.3, 0.4) is 0 Å². The smallest absolute Gasteiger partial charge is 0.327 e. The van der Waals surface area contributed by atoms with Gasteiger partial charge in [-0.3, -0.25) is 4.79 Å². The molecule has 0 aliphatic carbocycles. The first-order chi connectivity index (χ1) is 7.96. The van der Waals surface area contributed by atoms with Gasteiger partial charge in [-0.15, -0.1) is 0 Å². The zero-order chi connectivity index (χ0) is 12.9. The zero-order valence-electron chi connectivity index (χ0n) is 10.5. The molecule has 0 amide bonds. The van der Waals surface area contributed by atoms with Crippen molar-refractivity contribution in [3.63, 3.8) is 0 Å². The van der Waals surface area contributed by atoms with Crippen LogP contribution in [0.5, 0.6) is 0 Å². The van der Waals surface area contributed by atoms with Gasteiger partial charge in [0.2, 0.25) is 0 Å². The summed E-state index contributed by atoms with van der Waals surface area (Å²) in [4.78, 5) is 12.0. The fourth-order valence-corrected chi connectivity index (χ4v) is 3.96. The Bertz CT molecular complexity index is 366. The van der Waals surface area contributed by atoms with Gasteiger partial charge in [-0.05, 0) is 32.7 Å². The second-order valence-electron chi connectivity index (χ2n) is 4.42. The van der Waals surface area contributed by atoms with Crippen LogP contribution in [0, 0.1) is 0 Å². The molecule has 1 N–H and O–H groups in total. The van der Waals surface area contributed by atoms with E-state index in [4.69, 9.17) is 4.74 Å². The van der Waals surface area contributed by atoms with Gasteiger partial charge in [0, 0.05) is 0 Å². The molecular weight excluding hydrogens is 242 g/mol. The molecule has 0 bridgehead atoms. The van der Waals surface area contributed by atoms with Gasteiger partial charge in [-0.1, -0.05) is 6.92 Å². The van der Waals surface area contributed by atoms with Gasteiger partial charge in [0.1, 0.15) is 5.54 Å². The van der Waals surface area contributed by atoms with Crippen LogP contribution in [0.1, 0.15) is 33.1 Å². The summed E-state index contributed by atoms with van der Waals surface area (Å²) in [6.07, 6.45) is 1.89. The van der Waals surface area contributed by atoms with E-state index in [1.54, 1.807) is 6.92 Å². The standard InChI is InChI=1S/C11H21NO4S/c1-3-7-12-11(10(13)16-4-2)6-5-8-17(14,15)9-11/h12H,3-9H2,1-2H3. The van der Waals surface area contributed by atoms with Crippen LogP contribution < -0.4 is 5.32 Å². The Balaban J connectivity index is 2.88.